The number of hydrogen-bond acceptors (Lipinski definition) is 2. The van der Waals surface area contributed by atoms with E-state index in [0.29, 0.717) is 11.3 Å². The van der Waals surface area contributed by atoms with E-state index in [2.05, 4.69) is 10.6 Å². The molecule has 1 saturated carbocycles. The molecule has 1 fully saturated rings. The molecule has 0 saturated heterocycles. The zero-order chi connectivity index (χ0) is 13.7. The fourth-order valence-electron chi connectivity index (χ4n) is 2.49. The molecule has 1 aliphatic rings. The first kappa shape index (κ1) is 13.6. The Hall–Kier alpha value is -1.84. The molecule has 0 spiro atoms. The Morgan fingerprint density at radius 3 is 2.47 bits per heavy atom. The quantitative estimate of drug-likeness (QED) is 0.819. The predicted octanol–water partition coefficient (Wildman–Crippen LogP) is 3.34. The second-order valence-electron chi connectivity index (χ2n) is 5.04. The van der Waals surface area contributed by atoms with Crippen molar-refractivity contribution in [1.82, 2.24) is 5.32 Å². The maximum Gasteiger partial charge on any atom is 0.319 e. The normalized spacial score (nSPS) is 15.8. The minimum Gasteiger partial charge on any atom is -0.335 e. The molecular formula is C15H20N2O2. The highest BCUT2D eigenvalue weighted by Gasteiger charge is 2.16. The first-order valence-electron chi connectivity index (χ1n) is 6.84. The third-order valence-corrected chi connectivity index (χ3v) is 3.49. The lowest BCUT2D eigenvalue weighted by molar-refractivity contribution is 0.101. The Morgan fingerprint density at radius 1 is 1.11 bits per heavy atom. The van der Waals surface area contributed by atoms with Crippen molar-refractivity contribution in [1.29, 1.82) is 0 Å². The van der Waals surface area contributed by atoms with Gasteiger partial charge in [-0.2, -0.15) is 0 Å². The first-order chi connectivity index (χ1) is 9.16. The molecule has 2 N–H and O–H groups in total. The number of anilines is 1. The van der Waals surface area contributed by atoms with Crippen molar-refractivity contribution < 1.29 is 9.59 Å². The van der Waals surface area contributed by atoms with Crippen molar-refractivity contribution in [3.8, 4) is 0 Å². The van der Waals surface area contributed by atoms with E-state index in [9.17, 15) is 9.59 Å². The number of Topliss-reactive ketones (excluding diaryl/α,β-unsaturated/α-hetero) is 1. The molecule has 0 aromatic heterocycles. The second kappa shape index (κ2) is 6.36. The molecule has 1 aromatic rings. The molecule has 0 bridgehead atoms. The summed E-state index contributed by atoms with van der Waals surface area (Å²) in [6.07, 6.45) is 5.69. The van der Waals surface area contributed by atoms with Crippen molar-refractivity contribution in [2.45, 2.75) is 45.1 Å². The van der Waals surface area contributed by atoms with Gasteiger partial charge in [0.05, 0.1) is 5.69 Å². The largest absolute Gasteiger partial charge is 0.335 e. The Morgan fingerprint density at radius 2 is 1.79 bits per heavy atom. The van der Waals surface area contributed by atoms with Gasteiger partial charge in [0.2, 0.25) is 0 Å². The van der Waals surface area contributed by atoms with E-state index in [1.807, 2.05) is 6.07 Å². The SMILES string of the molecule is CC(=O)c1ccccc1NC(=O)NC1CCCCC1. The van der Waals surface area contributed by atoms with Gasteiger partial charge in [-0.3, -0.25) is 4.79 Å². The maximum atomic E-state index is 11.9. The van der Waals surface area contributed by atoms with Gasteiger partial charge in [-0.05, 0) is 31.9 Å². The third kappa shape index (κ3) is 3.81. The number of hydrogen-bond donors (Lipinski definition) is 2. The van der Waals surface area contributed by atoms with E-state index in [-0.39, 0.29) is 17.9 Å². The van der Waals surface area contributed by atoms with Gasteiger partial charge in [0.1, 0.15) is 0 Å². The molecular weight excluding hydrogens is 240 g/mol. The van der Waals surface area contributed by atoms with Crippen LogP contribution in [-0.4, -0.2) is 17.9 Å². The molecule has 1 aromatic carbocycles. The van der Waals surface area contributed by atoms with Crippen LogP contribution < -0.4 is 10.6 Å². The van der Waals surface area contributed by atoms with E-state index in [1.54, 1.807) is 18.2 Å². The van der Waals surface area contributed by atoms with Gasteiger partial charge in [-0.25, -0.2) is 4.79 Å². The number of nitrogens with one attached hydrogen (secondary N) is 2. The monoisotopic (exact) mass is 260 g/mol. The Balaban J connectivity index is 1.96. The number of benzene rings is 1. The number of carbonyl (C=O) groups excluding carboxylic acids is 2. The van der Waals surface area contributed by atoms with Gasteiger partial charge in [0, 0.05) is 11.6 Å². The Bertz CT molecular complexity index is 465. The van der Waals surface area contributed by atoms with Crippen LogP contribution in [0.4, 0.5) is 10.5 Å². The van der Waals surface area contributed by atoms with Crippen molar-refractivity contribution in [2.24, 2.45) is 0 Å². The van der Waals surface area contributed by atoms with Gasteiger partial charge >= 0.3 is 6.03 Å². The number of ketones is 1. The summed E-state index contributed by atoms with van der Waals surface area (Å²) in [7, 11) is 0. The van der Waals surface area contributed by atoms with Crippen LogP contribution in [0.5, 0.6) is 0 Å². The van der Waals surface area contributed by atoms with Crippen molar-refractivity contribution in [3.05, 3.63) is 29.8 Å². The summed E-state index contributed by atoms with van der Waals surface area (Å²) >= 11 is 0. The van der Waals surface area contributed by atoms with Gasteiger partial charge in [-0.15, -0.1) is 0 Å². The summed E-state index contributed by atoms with van der Waals surface area (Å²) in [4.78, 5) is 23.4. The third-order valence-electron chi connectivity index (χ3n) is 3.49. The fourth-order valence-corrected chi connectivity index (χ4v) is 2.49. The van der Waals surface area contributed by atoms with Crippen LogP contribution >= 0.6 is 0 Å². The molecule has 102 valence electrons. The van der Waals surface area contributed by atoms with Crippen LogP contribution in [0.25, 0.3) is 0 Å². The molecule has 0 atom stereocenters. The molecule has 4 heteroatoms. The molecule has 4 nitrogen and oxygen atoms in total. The second-order valence-corrected chi connectivity index (χ2v) is 5.04. The summed E-state index contributed by atoms with van der Waals surface area (Å²) in [5.74, 6) is -0.0476. The van der Waals surface area contributed by atoms with Gasteiger partial charge in [-0.1, -0.05) is 31.4 Å². The minimum atomic E-state index is -0.222. The van der Waals surface area contributed by atoms with Gasteiger partial charge < -0.3 is 10.6 Å². The molecule has 0 heterocycles. The summed E-state index contributed by atoms with van der Waals surface area (Å²) in [5.41, 5.74) is 1.12. The predicted molar refractivity (Wildman–Crippen MR) is 75.5 cm³/mol. The topological polar surface area (TPSA) is 58.2 Å². The Labute approximate surface area is 113 Å². The number of carbonyl (C=O) groups is 2. The van der Waals surface area contributed by atoms with E-state index >= 15 is 0 Å². The highest BCUT2D eigenvalue weighted by atomic mass is 16.2. The highest BCUT2D eigenvalue weighted by molar-refractivity contribution is 6.03. The number of amides is 2. The molecule has 19 heavy (non-hydrogen) atoms. The lowest BCUT2D eigenvalue weighted by Crippen LogP contribution is -2.39. The van der Waals surface area contributed by atoms with Crippen LogP contribution in [0, 0.1) is 0 Å². The van der Waals surface area contributed by atoms with Crippen LogP contribution in [0.2, 0.25) is 0 Å². The fraction of sp³-hybridized carbons (Fsp3) is 0.467. The summed E-state index contributed by atoms with van der Waals surface area (Å²) in [6.45, 7) is 1.50. The minimum absolute atomic E-state index is 0.0476. The lowest BCUT2D eigenvalue weighted by Gasteiger charge is -2.23. The van der Waals surface area contributed by atoms with Crippen LogP contribution in [-0.2, 0) is 0 Å². The first-order valence-corrected chi connectivity index (χ1v) is 6.84. The van der Waals surface area contributed by atoms with Gasteiger partial charge in [0.25, 0.3) is 0 Å². The molecule has 2 amide bonds. The average molecular weight is 260 g/mol. The van der Waals surface area contributed by atoms with Crippen LogP contribution in [0.3, 0.4) is 0 Å². The highest BCUT2D eigenvalue weighted by Crippen LogP contribution is 2.18. The van der Waals surface area contributed by atoms with E-state index in [4.69, 9.17) is 0 Å². The molecule has 1 aliphatic carbocycles. The molecule has 0 radical (unpaired) electrons. The molecule has 0 aliphatic heterocycles. The number of urea groups is 1. The van der Waals surface area contributed by atoms with Crippen molar-refractivity contribution in [3.63, 3.8) is 0 Å². The van der Waals surface area contributed by atoms with E-state index < -0.39 is 0 Å². The van der Waals surface area contributed by atoms with E-state index in [1.165, 1.54) is 26.2 Å². The van der Waals surface area contributed by atoms with E-state index in [0.717, 1.165) is 12.8 Å². The Kier molecular flexibility index (Phi) is 4.55. The summed E-state index contributed by atoms with van der Waals surface area (Å²) in [5, 5.41) is 5.74. The smallest absolute Gasteiger partial charge is 0.319 e. The van der Waals surface area contributed by atoms with Crippen molar-refractivity contribution >= 4 is 17.5 Å². The standard InChI is InChI=1S/C15H20N2O2/c1-11(18)13-9-5-6-10-14(13)17-15(19)16-12-7-3-2-4-8-12/h5-6,9-10,12H,2-4,7-8H2,1H3,(H2,16,17,19). The number of rotatable bonds is 3. The molecule has 0 unspecified atom stereocenters. The maximum absolute atomic E-state index is 11.9. The zero-order valence-corrected chi connectivity index (χ0v) is 11.2. The van der Waals surface area contributed by atoms with Crippen LogP contribution in [0.15, 0.2) is 24.3 Å². The van der Waals surface area contributed by atoms with Crippen LogP contribution in [0.1, 0.15) is 49.4 Å². The van der Waals surface area contributed by atoms with Gasteiger partial charge in [0.15, 0.2) is 5.78 Å². The number of para-hydroxylation sites is 1. The summed E-state index contributed by atoms with van der Waals surface area (Å²) < 4.78 is 0. The average Bonchev–Trinajstić information content (AvgIpc) is 2.40. The lowest BCUT2D eigenvalue weighted by atomic mass is 9.96. The van der Waals surface area contributed by atoms with Crippen molar-refractivity contribution in [2.75, 3.05) is 5.32 Å². The molecule has 2 rings (SSSR count). The summed E-state index contributed by atoms with van der Waals surface area (Å²) in [6, 6.07) is 7.11. The zero-order valence-electron chi connectivity index (χ0n) is 11.2.